The van der Waals surface area contributed by atoms with Crippen LogP contribution in [0.3, 0.4) is 0 Å². The van der Waals surface area contributed by atoms with E-state index in [0.717, 1.165) is 6.42 Å². The van der Waals surface area contributed by atoms with Crippen molar-refractivity contribution in [3.05, 3.63) is 35.9 Å². The Morgan fingerprint density at radius 2 is 1.86 bits per heavy atom. The molecule has 1 aliphatic carbocycles. The van der Waals surface area contributed by atoms with Gasteiger partial charge < -0.3 is 10.0 Å². The fourth-order valence-corrected chi connectivity index (χ4v) is 4.33. The van der Waals surface area contributed by atoms with Crippen LogP contribution in [0, 0.1) is 5.92 Å². The highest BCUT2D eigenvalue weighted by Gasteiger charge is 2.36. The van der Waals surface area contributed by atoms with Gasteiger partial charge in [0.2, 0.25) is 0 Å². The number of rotatable bonds is 5. The van der Waals surface area contributed by atoms with E-state index in [1.165, 1.54) is 63.6 Å². The number of benzene rings is 1. The average Bonchev–Trinajstić information content (AvgIpc) is 2.95. The van der Waals surface area contributed by atoms with E-state index in [2.05, 4.69) is 35.2 Å². The molecular weight excluding hydrogens is 258 g/mol. The lowest BCUT2D eigenvalue weighted by Gasteiger charge is -2.40. The first-order valence-electron chi connectivity index (χ1n) is 8.80. The van der Waals surface area contributed by atoms with E-state index < -0.39 is 0 Å². The Morgan fingerprint density at radius 3 is 2.62 bits per heavy atom. The number of hydrogen-bond donors (Lipinski definition) is 1. The van der Waals surface area contributed by atoms with Gasteiger partial charge >= 0.3 is 0 Å². The molecule has 1 aromatic carbocycles. The summed E-state index contributed by atoms with van der Waals surface area (Å²) in [7, 11) is 0. The second-order valence-corrected chi connectivity index (χ2v) is 6.85. The van der Waals surface area contributed by atoms with Crippen LogP contribution in [-0.4, -0.2) is 35.2 Å². The van der Waals surface area contributed by atoms with E-state index in [1.54, 1.807) is 0 Å². The van der Waals surface area contributed by atoms with Gasteiger partial charge in [-0.1, -0.05) is 43.2 Å². The smallest absolute Gasteiger partial charge is 0.0583 e. The quantitative estimate of drug-likeness (QED) is 0.894. The van der Waals surface area contributed by atoms with Gasteiger partial charge in [-0.25, -0.2) is 0 Å². The van der Waals surface area contributed by atoms with Crippen LogP contribution < -0.4 is 0 Å². The van der Waals surface area contributed by atoms with Gasteiger partial charge in [0.1, 0.15) is 0 Å². The van der Waals surface area contributed by atoms with Crippen LogP contribution in [0.2, 0.25) is 0 Å². The zero-order valence-electron chi connectivity index (χ0n) is 13.1. The molecule has 3 atom stereocenters. The van der Waals surface area contributed by atoms with Crippen molar-refractivity contribution in [3.8, 4) is 0 Å². The van der Waals surface area contributed by atoms with Crippen LogP contribution in [0.5, 0.6) is 0 Å². The first-order valence-corrected chi connectivity index (χ1v) is 8.80. The lowest BCUT2D eigenvalue weighted by atomic mass is 9.87. The molecule has 21 heavy (non-hydrogen) atoms. The maximum Gasteiger partial charge on any atom is 0.0583 e. The fraction of sp³-hybridized carbons (Fsp3) is 0.684. The molecule has 0 spiro atoms. The largest absolute Gasteiger partial charge is 0.393 e. The number of piperidine rings is 1. The molecule has 0 amide bonds. The van der Waals surface area contributed by atoms with E-state index in [-0.39, 0.29) is 6.10 Å². The number of likely N-dealkylation sites (tertiary alicyclic amines) is 1. The molecule has 0 aromatic heterocycles. The number of aliphatic hydroxyl groups excluding tert-OH is 1. The molecule has 2 nitrogen and oxygen atoms in total. The Labute approximate surface area is 129 Å². The van der Waals surface area contributed by atoms with Gasteiger partial charge in [0.15, 0.2) is 0 Å². The summed E-state index contributed by atoms with van der Waals surface area (Å²) >= 11 is 0. The van der Waals surface area contributed by atoms with E-state index in [0.29, 0.717) is 12.0 Å². The number of aliphatic hydroxyl groups is 1. The molecule has 2 heteroatoms. The Kier molecular flexibility index (Phi) is 5.32. The molecule has 0 radical (unpaired) electrons. The molecule has 1 heterocycles. The highest BCUT2D eigenvalue weighted by atomic mass is 16.3. The minimum Gasteiger partial charge on any atom is -0.393 e. The molecule has 2 fully saturated rings. The van der Waals surface area contributed by atoms with Crippen molar-refractivity contribution >= 4 is 0 Å². The highest BCUT2D eigenvalue weighted by Crippen LogP contribution is 2.35. The molecule has 1 aliphatic heterocycles. The van der Waals surface area contributed by atoms with Crippen molar-refractivity contribution < 1.29 is 5.11 Å². The molecule has 116 valence electrons. The summed E-state index contributed by atoms with van der Waals surface area (Å²) in [6, 6.07) is 11.5. The van der Waals surface area contributed by atoms with Crippen molar-refractivity contribution in [1.29, 1.82) is 0 Å². The lowest BCUT2D eigenvalue weighted by Crippen LogP contribution is -2.46. The minimum atomic E-state index is -0.0373. The van der Waals surface area contributed by atoms with Crippen molar-refractivity contribution in [1.82, 2.24) is 4.90 Å². The zero-order chi connectivity index (χ0) is 14.5. The van der Waals surface area contributed by atoms with E-state index >= 15 is 0 Å². The second kappa shape index (κ2) is 7.42. The standard InChI is InChI=1S/C19H29NO/c21-19-13-6-11-17(19)18-12-4-5-14-20(18)15-7-10-16-8-2-1-3-9-16/h1-3,8-9,17-19,21H,4-7,10-15H2. The molecule has 2 aliphatic rings. The molecule has 1 N–H and O–H groups in total. The third-order valence-corrected chi connectivity index (χ3v) is 5.44. The summed E-state index contributed by atoms with van der Waals surface area (Å²) in [4.78, 5) is 2.69. The van der Waals surface area contributed by atoms with E-state index in [9.17, 15) is 5.11 Å². The molecule has 1 aromatic rings. The summed E-state index contributed by atoms with van der Waals surface area (Å²) in [5.41, 5.74) is 1.45. The van der Waals surface area contributed by atoms with Gasteiger partial charge in [0, 0.05) is 12.0 Å². The SMILES string of the molecule is OC1CCCC1C1CCCCN1CCCc1ccccc1. The van der Waals surface area contributed by atoms with Crippen LogP contribution >= 0.6 is 0 Å². The monoisotopic (exact) mass is 287 g/mol. The normalized spacial score (nSPS) is 30.6. The molecule has 3 unspecified atom stereocenters. The first kappa shape index (κ1) is 15.1. The number of nitrogens with zero attached hydrogens (tertiary/aromatic N) is 1. The topological polar surface area (TPSA) is 23.5 Å². The Hall–Kier alpha value is -0.860. The lowest BCUT2D eigenvalue weighted by molar-refractivity contribution is 0.0350. The maximum absolute atomic E-state index is 10.2. The maximum atomic E-state index is 10.2. The predicted molar refractivity (Wildman–Crippen MR) is 87.3 cm³/mol. The average molecular weight is 287 g/mol. The van der Waals surface area contributed by atoms with Crippen LogP contribution in [0.1, 0.15) is 50.5 Å². The first-order chi connectivity index (χ1) is 10.3. The minimum absolute atomic E-state index is 0.0373. The molecular formula is C19H29NO. The molecule has 3 rings (SSSR count). The molecule has 1 saturated carbocycles. The van der Waals surface area contributed by atoms with E-state index in [4.69, 9.17) is 0 Å². The zero-order valence-corrected chi connectivity index (χ0v) is 13.1. The predicted octanol–water partition coefficient (Wildman–Crippen LogP) is 3.63. The van der Waals surface area contributed by atoms with Gasteiger partial charge in [-0.15, -0.1) is 0 Å². The Morgan fingerprint density at radius 1 is 1.00 bits per heavy atom. The second-order valence-electron chi connectivity index (χ2n) is 6.85. The Bertz CT molecular complexity index is 419. The van der Waals surface area contributed by atoms with Crippen LogP contribution in [0.25, 0.3) is 0 Å². The Balaban J connectivity index is 1.52. The summed E-state index contributed by atoms with van der Waals surface area (Å²) < 4.78 is 0. The third kappa shape index (κ3) is 3.87. The summed E-state index contributed by atoms with van der Waals surface area (Å²) in [6.07, 6.45) is 9.85. The van der Waals surface area contributed by atoms with Gasteiger partial charge in [0.25, 0.3) is 0 Å². The summed E-state index contributed by atoms with van der Waals surface area (Å²) in [6.45, 7) is 2.44. The van der Waals surface area contributed by atoms with Crippen LogP contribution in [-0.2, 0) is 6.42 Å². The summed E-state index contributed by atoms with van der Waals surface area (Å²) in [5.74, 6) is 0.544. The van der Waals surface area contributed by atoms with Crippen LogP contribution in [0.15, 0.2) is 30.3 Å². The summed E-state index contributed by atoms with van der Waals surface area (Å²) in [5, 5.41) is 10.2. The third-order valence-electron chi connectivity index (χ3n) is 5.44. The van der Waals surface area contributed by atoms with E-state index in [1.807, 2.05) is 0 Å². The molecule has 1 saturated heterocycles. The van der Waals surface area contributed by atoms with Gasteiger partial charge in [-0.3, -0.25) is 0 Å². The van der Waals surface area contributed by atoms with Gasteiger partial charge in [-0.05, 0) is 57.2 Å². The number of aryl methyl sites for hydroxylation is 1. The van der Waals surface area contributed by atoms with Crippen molar-refractivity contribution in [2.24, 2.45) is 5.92 Å². The van der Waals surface area contributed by atoms with Crippen molar-refractivity contribution in [2.75, 3.05) is 13.1 Å². The van der Waals surface area contributed by atoms with Crippen molar-refractivity contribution in [3.63, 3.8) is 0 Å². The highest BCUT2D eigenvalue weighted by molar-refractivity contribution is 5.14. The van der Waals surface area contributed by atoms with Crippen molar-refractivity contribution in [2.45, 2.75) is 63.5 Å². The fourth-order valence-electron chi connectivity index (χ4n) is 4.33. The van der Waals surface area contributed by atoms with Crippen LogP contribution in [0.4, 0.5) is 0 Å². The van der Waals surface area contributed by atoms with Gasteiger partial charge in [-0.2, -0.15) is 0 Å². The number of hydrogen-bond acceptors (Lipinski definition) is 2. The van der Waals surface area contributed by atoms with Gasteiger partial charge in [0.05, 0.1) is 6.10 Å². The molecule has 0 bridgehead atoms.